The number of hydrogen-bond donors (Lipinski definition) is 3. The number of aromatic hydroxyl groups is 1. The van der Waals surface area contributed by atoms with E-state index in [0.29, 0.717) is 0 Å². The maximum atomic E-state index is 13.5. The van der Waals surface area contributed by atoms with Crippen LogP contribution in [0.5, 0.6) is 17.2 Å². The molecule has 3 heterocycles. The summed E-state index contributed by atoms with van der Waals surface area (Å²) < 4.78 is 10.8. The Morgan fingerprint density at radius 2 is 1.76 bits per heavy atom. The fourth-order valence-corrected chi connectivity index (χ4v) is 10.0. The number of phenolic OH excluding ortho intramolecular Hbond substituents is 1. The van der Waals surface area contributed by atoms with Crippen molar-refractivity contribution in [3.63, 3.8) is 0 Å². The van der Waals surface area contributed by atoms with Gasteiger partial charge in [-0.25, -0.2) is 0 Å². The number of thioether (sulfide) groups is 1. The number of carboxylic acid groups (broad SMARTS) is 1. The second kappa shape index (κ2) is 8.80. The molecule has 3 fully saturated rings. The molecule has 1 aromatic carbocycles. The second-order valence-corrected chi connectivity index (χ2v) is 12.3. The van der Waals surface area contributed by atoms with E-state index in [-0.39, 0.29) is 82.2 Å². The zero-order chi connectivity index (χ0) is 26.2. The molecule has 2 aliphatic heterocycles. The number of aromatic amines is 1. The maximum Gasteiger partial charge on any atom is 0.305 e. The number of aromatic nitrogens is 1. The zero-order valence-corrected chi connectivity index (χ0v) is 21.8. The van der Waals surface area contributed by atoms with Crippen LogP contribution >= 0.6 is 23.1 Å². The number of rotatable bonds is 7. The molecule has 0 unspecified atom stereocenters. The fraction of sp³-hybridized carbons (Fsp3) is 0.520. The average Bonchev–Trinajstić information content (AvgIpc) is 3.59. The highest BCUT2D eigenvalue weighted by atomic mass is 32.2. The van der Waals surface area contributed by atoms with Gasteiger partial charge in [-0.05, 0) is 48.3 Å². The Morgan fingerprint density at radius 1 is 1.11 bits per heavy atom. The SMILES string of the molecule is COc1cc([C@@H]2c3sc(=O)[nH]c3S[C@@H]3[C@@H]4C[C@H]([C@H]5C(=O)N(CCCC(=O)O)C(=O)[C@H]45)[C@H]23)cc(OC)c1O. The summed E-state index contributed by atoms with van der Waals surface area (Å²) in [5.74, 6) is -2.14. The molecule has 12 heteroatoms. The van der Waals surface area contributed by atoms with Gasteiger partial charge < -0.3 is 24.7 Å². The molecule has 2 aromatic rings. The third-order valence-electron chi connectivity index (χ3n) is 8.45. The van der Waals surface area contributed by atoms with Gasteiger partial charge in [-0.1, -0.05) is 11.3 Å². The number of carbonyl (C=O) groups is 3. The number of nitrogens with one attached hydrogen (secondary N) is 1. The number of ether oxygens (including phenoxy) is 2. The molecular weight excluding hydrogens is 520 g/mol. The number of carboxylic acids is 1. The molecule has 10 nitrogen and oxygen atoms in total. The van der Waals surface area contributed by atoms with Gasteiger partial charge in [0, 0.05) is 29.0 Å². The molecular formula is C25H26N2O8S2. The van der Waals surface area contributed by atoms with Crippen LogP contribution in [0.1, 0.15) is 35.6 Å². The Morgan fingerprint density at radius 3 is 2.38 bits per heavy atom. The minimum absolute atomic E-state index is 0.00938. The minimum atomic E-state index is -0.954. The molecule has 0 spiro atoms. The normalized spacial score (nSPS) is 31.3. The molecule has 1 saturated heterocycles. The first kappa shape index (κ1) is 24.4. The van der Waals surface area contributed by atoms with Crippen molar-refractivity contribution in [1.29, 1.82) is 0 Å². The van der Waals surface area contributed by atoms with E-state index in [1.165, 1.54) is 19.1 Å². The molecule has 4 aliphatic rings. The van der Waals surface area contributed by atoms with Gasteiger partial charge in [-0.2, -0.15) is 0 Å². The maximum absolute atomic E-state index is 13.5. The Bertz CT molecular complexity index is 1340. The number of nitrogens with zero attached hydrogens (tertiary/aromatic N) is 1. The van der Waals surface area contributed by atoms with Crippen molar-refractivity contribution in [2.24, 2.45) is 29.6 Å². The number of carbonyl (C=O) groups excluding carboxylic acids is 2. The van der Waals surface area contributed by atoms with Gasteiger partial charge in [-0.3, -0.25) is 24.1 Å². The van der Waals surface area contributed by atoms with E-state index in [9.17, 15) is 24.3 Å². The number of imide groups is 1. The van der Waals surface area contributed by atoms with Gasteiger partial charge in [0.05, 0.1) is 31.1 Å². The number of H-pyrrole nitrogens is 1. The molecule has 2 amide bonds. The van der Waals surface area contributed by atoms with Crippen LogP contribution in [0.25, 0.3) is 0 Å². The standard InChI is InChI=1S/C25H26N2O8S2/c1-34-12-6-9(7-13(35-2)19(12)30)15-16-10-8-11(20(16)36-22-21(15)37-25(33)26-22)18-17(10)23(31)27(24(18)32)5-3-4-14(28)29/h6-7,10-11,15-18,20,30H,3-5,8H2,1-2H3,(H,26,33)(H,28,29)/t10-,11+,15-,16+,17+,18+,20+/m0/s1. The van der Waals surface area contributed by atoms with Crippen LogP contribution < -0.4 is 14.3 Å². The van der Waals surface area contributed by atoms with E-state index in [0.717, 1.165) is 33.2 Å². The van der Waals surface area contributed by atoms with Crippen molar-refractivity contribution >= 4 is 40.9 Å². The van der Waals surface area contributed by atoms with E-state index in [1.807, 2.05) is 0 Å². The van der Waals surface area contributed by atoms with Crippen molar-refractivity contribution in [1.82, 2.24) is 9.88 Å². The smallest absolute Gasteiger partial charge is 0.305 e. The first-order valence-corrected chi connectivity index (χ1v) is 13.9. The van der Waals surface area contributed by atoms with E-state index >= 15 is 0 Å². The van der Waals surface area contributed by atoms with Crippen molar-refractivity contribution in [3.8, 4) is 17.2 Å². The number of fused-ring (bicyclic) bond motifs is 9. The fourth-order valence-electron chi connectivity index (χ4n) is 7.15. The number of likely N-dealkylation sites (tertiary alicyclic amines) is 1. The summed E-state index contributed by atoms with van der Waals surface area (Å²) in [5.41, 5.74) is 0.817. The summed E-state index contributed by atoms with van der Waals surface area (Å²) in [5, 5.41) is 20.3. The van der Waals surface area contributed by atoms with Crippen LogP contribution in [0, 0.1) is 29.6 Å². The quantitative estimate of drug-likeness (QED) is 0.446. The Balaban J connectivity index is 1.41. The number of benzene rings is 1. The average molecular weight is 547 g/mol. The molecule has 2 saturated carbocycles. The molecule has 37 heavy (non-hydrogen) atoms. The second-order valence-electron chi connectivity index (χ2n) is 10.1. The lowest BCUT2D eigenvalue weighted by Gasteiger charge is -2.43. The molecule has 196 valence electrons. The van der Waals surface area contributed by atoms with Gasteiger partial charge >= 0.3 is 10.8 Å². The van der Waals surface area contributed by atoms with E-state index in [4.69, 9.17) is 14.6 Å². The minimum Gasteiger partial charge on any atom is -0.502 e. The number of hydrogen-bond acceptors (Lipinski definition) is 9. The van der Waals surface area contributed by atoms with Gasteiger partial charge in [0.25, 0.3) is 0 Å². The summed E-state index contributed by atoms with van der Waals surface area (Å²) >= 11 is 2.74. The molecule has 1 aromatic heterocycles. The van der Waals surface area contributed by atoms with Crippen LogP contribution in [-0.4, -0.2) is 63.9 Å². The highest BCUT2D eigenvalue weighted by Crippen LogP contribution is 2.68. The lowest BCUT2D eigenvalue weighted by Crippen LogP contribution is -2.42. The summed E-state index contributed by atoms with van der Waals surface area (Å²) in [4.78, 5) is 55.2. The van der Waals surface area contributed by atoms with Crippen molar-refractivity contribution in [2.45, 2.75) is 35.5 Å². The van der Waals surface area contributed by atoms with Crippen LogP contribution in [-0.2, 0) is 14.4 Å². The highest BCUT2D eigenvalue weighted by molar-refractivity contribution is 8.00. The third-order valence-corrected chi connectivity index (χ3v) is 11.0. The van der Waals surface area contributed by atoms with Crippen LogP contribution in [0.3, 0.4) is 0 Å². The van der Waals surface area contributed by atoms with Crippen LogP contribution in [0.4, 0.5) is 0 Å². The highest BCUT2D eigenvalue weighted by Gasteiger charge is 2.69. The lowest BCUT2D eigenvalue weighted by atomic mass is 9.68. The van der Waals surface area contributed by atoms with Crippen molar-refractivity contribution in [3.05, 3.63) is 32.2 Å². The summed E-state index contributed by atoms with van der Waals surface area (Å²) in [6, 6.07) is 3.51. The van der Waals surface area contributed by atoms with Gasteiger partial charge in [0.2, 0.25) is 17.6 Å². The van der Waals surface area contributed by atoms with Gasteiger partial charge in [-0.15, -0.1) is 11.8 Å². The Hall–Kier alpha value is -2.99. The zero-order valence-electron chi connectivity index (χ0n) is 20.1. The first-order valence-electron chi connectivity index (χ1n) is 12.2. The predicted octanol–water partition coefficient (Wildman–Crippen LogP) is 2.50. The molecule has 7 atom stereocenters. The van der Waals surface area contributed by atoms with E-state index in [2.05, 4.69) is 4.98 Å². The van der Waals surface area contributed by atoms with Crippen molar-refractivity contribution < 1.29 is 34.1 Å². The monoisotopic (exact) mass is 546 g/mol. The summed E-state index contributed by atoms with van der Waals surface area (Å²) in [7, 11) is 2.92. The number of phenols is 1. The van der Waals surface area contributed by atoms with E-state index < -0.39 is 17.8 Å². The number of thiazole rings is 1. The molecule has 6 rings (SSSR count). The molecule has 2 bridgehead atoms. The van der Waals surface area contributed by atoms with Gasteiger partial charge in [0.15, 0.2) is 11.5 Å². The number of aliphatic carboxylic acids is 1. The molecule has 2 aliphatic carbocycles. The number of amides is 2. The summed E-state index contributed by atoms with van der Waals surface area (Å²) in [6.07, 6.45) is 0.887. The van der Waals surface area contributed by atoms with E-state index in [1.54, 1.807) is 23.9 Å². The van der Waals surface area contributed by atoms with Crippen LogP contribution in [0.15, 0.2) is 22.0 Å². The number of methoxy groups -OCH3 is 2. The Kier molecular flexibility index (Phi) is 5.79. The van der Waals surface area contributed by atoms with Crippen molar-refractivity contribution in [2.75, 3.05) is 20.8 Å². The van der Waals surface area contributed by atoms with Gasteiger partial charge in [0.1, 0.15) is 0 Å². The van der Waals surface area contributed by atoms with Crippen LogP contribution in [0.2, 0.25) is 0 Å². The predicted molar refractivity (Wildman–Crippen MR) is 133 cm³/mol. The topological polar surface area (TPSA) is 146 Å². The lowest BCUT2D eigenvalue weighted by molar-refractivity contribution is -0.142. The third kappa shape index (κ3) is 3.52. The first-order chi connectivity index (χ1) is 17.7. The summed E-state index contributed by atoms with van der Waals surface area (Å²) in [6.45, 7) is 0.120. The molecule has 0 radical (unpaired) electrons. The largest absolute Gasteiger partial charge is 0.502 e. The Labute approximate surface area is 220 Å². The molecule has 3 N–H and O–H groups in total.